The second-order valence-corrected chi connectivity index (χ2v) is 4.35. The first-order valence-electron chi connectivity index (χ1n) is 6.40. The van der Waals surface area contributed by atoms with Crippen molar-refractivity contribution >= 4 is 11.6 Å². The lowest BCUT2D eigenvalue weighted by atomic mass is 10.2. The van der Waals surface area contributed by atoms with Gasteiger partial charge in [0.15, 0.2) is 0 Å². The summed E-state index contributed by atoms with van der Waals surface area (Å²) in [6.07, 6.45) is 3.28. The first-order valence-corrected chi connectivity index (χ1v) is 6.40. The van der Waals surface area contributed by atoms with Crippen LogP contribution in [0.2, 0.25) is 0 Å². The van der Waals surface area contributed by atoms with Gasteiger partial charge < -0.3 is 11.1 Å². The Labute approximate surface area is 122 Å². The first kappa shape index (κ1) is 14.8. The van der Waals surface area contributed by atoms with Gasteiger partial charge in [-0.2, -0.15) is 5.10 Å². The van der Waals surface area contributed by atoms with E-state index in [1.54, 1.807) is 31.5 Å². The van der Waals surface area contributed by atoms with Crippen molar-refractivity contribution in [2.75, 3.05) is 11.9 Å². The average molecular weight is 286 g/mol. The highest BCUT2D eigenvalue weighted by Crippen LogP contribution is 2.15. The minimum absolute atomic E-state index is 0.166. The molecule has 0 fully saturated rings. The average Bonchev–Trinajstić information content (AvgIpc) is 2.99. The van der Waals surface area contributed by atoms with E-state index >= 15 is 0 Å². The van der Waals surface area contributed by atoms with Crippen LogP contribution in [0.15, 0.2) is 36.7 Å². The van der Waals surface area contributed by atoms with Crippen molar-refractivity contribution in [3.8, 4) is 11.8 Å². The van der Waals surface area contributed by atoms with Crippen LogP contribution >= 0.6 is 0 Å². The van der Waals surface area contributed by atoms with E-state index < -0.39 is 11.9 Å². The van der Waals surface area contributed by atoms with Gasteiger partial charge in [0.25, 0.3) is 0 Å². The number of benzene rings is 1. The van der Waals surface area contributed by atoms with Crippen LogP contribution in [0.4, 0.5) is 10.1 Å². The number of rotatable bonds is 3. The standard InChI is InChI=1S/C15H15FN4O/c1-11(20-9-3-8-18-20)15(21)19-13-6-5-12(4-2-7-17)14(16)10-13/h3,5-6,8-11H,7,17H2,1H3,(H,19,21). The van der Waals surface area contributed by atoms with Crippen molar-refractivity contribution in [1.82, 2.24) is 9.78 Å². The second-order valence-electron chi connectivity index (χ2n) is 4.35. The number of nitrogens with two attached hydrogens (primary N) is 1. The van der Waals surface area contributed by atoms with Crippen LogP contribution in [0.3, 0.4) is 0 Å². The molecule has 2 aromatic rings. The molecular weight excluding hydrogens is 271 g/mol. The molecule has 1 heterocycles. The topological polar surface area (TPSA) is 72.9 Å². The molecule has 21 heavy (non-hydrogen) atoms. The van der Waals surface area contributed by atoms with Crippen LogP contribution in [0.1, 0.15) is 18.5 Å². The van der Waals surface area contributed by atoms with Gasteiger partial charge in [0.05, 0.1) is 12.1 Å². The van der Waals surface area contributed by atoms with E-state index in [0.29, 0.717) is 5.69 Å². The quantitative estimate of drug-likeness (QED) is 0.840. The third-order valence-electron chi connectivity index (χ3n) is 2.86. The number of halogens is 1. The highest BCUT2D eigenvalue weighted by molar-refractivity contribution is 5.93. The normalized spacial score (nSPS) is 11.4. The maximum absolute atomic E-state index is 13.8. The molecule has 0 aliphatic rings. The van der Waals surface area contributed by atoms with Gasteiger partial charge in [-0.05, 0) is 31.2 Å². The third-order valence-corrected chi connectivity index (χ3v) is 2.86. The van der Waals surface area contributed by atoms with E-state index in [1.807, 2.05) is 0 Å². The Kier molecular flexibility index (Phi) is 4.69. The summed E-state index contributed by atoms with van der Waals surface area (Å²) in [6.45, 7) is 1.87. The Balaban J connectivity index is 2.09. The van der Waals surface area contributed by atoms with Crippen molar-refractivity contribution in [2.45, 2.75) is 13.0 Å². The third kappa shape index (κ3) is 3.68. The van der Waals surface area contributed by atoms with Gasteiger partial charge in [-0.25, -0.2) is 4.39 Å². The molecule has 1 aromatic carbocycles. The van der Waals surface area contributed by atoms with Crippen molar-refractivity contribution in [1.29, 1.82) is 0 Å². The van der Waals surface area contributed by atoms with Crippen LogP contribution in [-0.4, -0.2) is 22.2 Å². The highest BCUT2D eigenvalue weighted by Gasteiger charge is 2.15. The Morgan fingerprint density at radius 3 is 3.00 bits per heavy atom. The molecule has 0 radical (unpaired) electrons. The number of anilines is 1. The molecule has 0 aliphatic heterocycles. The van der Waals surface area contributed by atoms with Crippen molar-refractivity contribution in [3.05, 3.63) is 48.0 Å². The fourth-order valence-corrected chi connectivity index (χ4v) is 1.72. The summed E-state index contributed by atoms with van der Waals surface area (Å²) < 4.78 is 15.3. The lowest BCUT2D eigenvalue weighted by Gasteiger charge is -2.12. The molecule has 0 aliphatic carbocycles. The Hall–Kier alpha value is -2.65. The first-order chi connectivity index (χ1) is 10.1. The van der Waals surface area contributed by atoms with E-state index in [0.717, 1.165) is 0 Å². The van der Waals surface area contributed by atoms with Crippen LogP contribution in [0.5, 0.6) is 0 Å². The van der Waals surface area contributed by atoms with Gasteiger partial charge in [0.2, 0.25) is 5.91 Å². The number of hydrogen-bond acceptors (Lipinski definition) is 3. The number of hydrogen-bond donors (Lipinski definition) is 2. The van der Waals surface area contributed by atoms with E-state index in [9.17, 15) is 9.18 Å². The summed E-state index contributed by atoms with van der Waals surface area (Å²) in [6, 6.07) is 5.58. The van der Waals surface area contributed by atoms with E-state index in [4.69, 9.17) is 5.73 Å². The number of nitrogens with one attached hydrogen (secondary N) is 1. The summed E-state index contributed by atoms with van der Waals surface area (Å²) in [7, 11) is 0. The molecule has 1 atom stereocenters. The monoisotopic (exact) mass is 286 g/mol. The lowest BCUT2D eigenvalue weighted by molar-refractivity contribution is -0.119. The molecule has 0 spiro atoms. The number of carbonyl (C=O) groups excluding carboxylic acids is 1. The van der Waals surface area contributed by atoms with Gasteiger partial charge in [-0.3, -0.25) is 9.48 Å². The van der Waals surface area contributed by atoms with Gasteiger partial charge in [0.1, 0.15) is 11.9 Å². The Morgan fingerprint density at radius 1 is 1.57 bits per heavy atom. The van der Waals surface area contributed by atoms with Crippen LogP contribution in [0, 0.1) is 17.7 Å². The van der Waals surface area contributed by atoms with Crippen molar-refractivity contribution < 1.29 is 9.18 Å². The summed E-state index contributed by atoms with van der Waals surface area (Å²) in [5.41, 5.74) is 5.86. The van der Waals surface area contributed by atoms with Gasteiger partial charge in [-0.1, -0.05) is 11.8 Å². The minimum Gasteiger partial charge on any atom is -0.324 e. The van der Waals surface area contributed by atoms with Gasteiger partial charge in [-0.15, -0.1) is 0 Å². The maximum atomic E-state index is 13.8. The van der Waals surface area contributed by atoms with Crippen molar-refractivity contribution in [2.24, 2.45) is 5.73 Å². The van der Waals surface area contributed by atoms with Gasteiger partial charge >= 0.3 is 0 Å². The second kappa shape index (κ2) is 6.68. The fraction of sp³-hybridized carbons (Fsp3) is 0.200. The summed E-state index contributed by atoms with van der Waals surface area (Å²) in [5, 5.41) is 6.64. The molecule has 108 valence electrons. The highest BCUT2D eigenvalue weighted by atomic mass is 19.1. The number of nitrogens with zero attached hydrogens (tertiary/aromatic N) is 2. The van der Waals surface area contributed by atoms with Crippen LogP contribution < -0.4 is 11.1 Å². The van der Waals surface area contributed by atoms with Gasteiger partial charge in [0, 0.05) is 18.1 Å². The van der Waals surface area contributed by atoms with Crippen LogP contribution in [-0.2, 0) is 4.79 Å². The predicted molar refractivity (Wildman–Crippen MR) is 77.9 cm³/mol. The molecule has 1 aromatic heterocycles. The van der Waals surface area contributed by atoms with Crippen LogP contribution in [0.25, 0.3) is 0 Å². The summed E-state index contributed by atoms with van der Waals surface area (Å²) in [4.78, 5) is 12.0. The smallest absolute Gasteiger partial charge is 0.248 e. The van der Waals surface area contributed by atoms with E-state index in [-0.39, 0.29) is 18.0 Å². The largest absolute Gasteiger partial charge is 0.324 e. The summed E-state index contributed by atoms with van der Waals surface area (Å²) >= 11 is 0. The molecule has 0 bridgehead atoms. The van der Waals surface area contributed by atoms with Crippen molar-refractivity contribution in [3.63, 3.8) is 0 Å². The zero-order chi connectivity index (χ0) is 15.2. The minimum atomic E-state index is -0.500. The molecule has 1 unspecified atom stereocenters. The zero-order valence-corrected chi connectivity index (χ0v) is 11.5. The fourth-order valence-electron chi connectivity index (χ4n) is 1.72. The van der Waals surface area contributed by atoms with E-state index in [2.05, 4.69) is 22.3 Å². The Bertz CT molecular complexity index is 685. The Morgan fingerprint density at radius 2 is 2.38 bits per heavy atom. The molecule has 5 nitrogen and oxygen atoms in total. The zero-order valence-electron chi connectivity index (χ0n) is 11.5. The molecule has 1 amide bonds. The molecule has 6 heteroatoms. The number of carbonyl (C=O) groups is 1. The molecule has 2 rings (SSSR count). The SMILES string of the molecule is CC(C(=O)Nc1ccc(C#CCN)c(F)c1)n1cccn1. The number of aromatic nitrogens is 2. The van der Waals surface area contributed by atoms with E-state index in [1.165, 1.54) is 16.8 Å². The number of amides is 1. The molecule has 0 saturated heterocycles. The summed E-state index contributed by atoms with van der Waals surface area (Å²) in [5.74, 6) is 4.42. The predicted octanol–water partition coefficient (Wildman–Crippen LogP) is 1.53. The molecule has 3 N–H and O–H groups in total. The maximum Gasteiger partial charge on any atom is 0.248 e. The lowest BCUT2D eigenvalue weighted by Crippen LogP contribution is -2.24. The molecule has 0 saturated carbocycles. The molecular formula is C15H15FN4O.